The lowest BCUT2D eigenvalue weighted by Gasteiger charge is -2.05. The third-order valence-corrected chi connectivity index (χ3v) is 3.31. The molecule has 0 spiro atoms. The molecule has 0 fully saturated rings. The molecule has 4 heteroatoms. The summed E-state index contributed by atoms with van der Waals surface area (Å²) in [6, 6.07) is 7.91. The molecule has 0 saturated heterocycles. The van der Waals surface area contributed by atoms with Gasteiger partial charge in [-0.05, 0) is 36.9 Å². The highest BCUT2D eigenvalue weighted by Gasteiger charge is 1.94. The van der Waals surface area contributed by atoms with E-state index in [1.807, 2.05) is 36.0 Å². The smallest absolute Gasteiger partial charge is 0.120 e. The van der Waals surface area contributed by atoms with Crippen molar-refractivity contribution in [2.24, 2.45) is 5.73 Å². The SMILES string of the molecule is NCCCSCCOc1cccc(Br)c1. The van der Waals surface area contributed by atoms with E-state index in [4.69, 9.17) is 10.5 Å². The summed E-state index contributed by atoms with van der Waals surface area (Å²) < 4.78 is 6.64. The average Bonchev–Trinajstić information content (AvgIpc) is 2.23. The van der Waals surface area contributed by atoms with Gasteiger partial charge in [0, 0.05) is 10.2 Å². The molecule has 0 bridgehead atoms. The first-order valence-corrected chi connectivity index (χ1v) is 6.94. The Labute approximate surface area is 104 Å². The fourth-order valence-corrected chi connectivity index (χ4v) is 2.22. The Hall–Kier alpha value is -0.190. The van der Waals surface area contributed by atoms with Crippen molar-refractivity contribution in [1.29, 1.82) is 0 Å². The van der Waals surface area contributed by atoms with E-state index in [2.05, 4.69) is 15.9 Å². The van der Waals surface area contributed by atoms with Gasteiger partial charge < -0.3 is 10.5 Å². The molecule has 2 N–H and O–H groups in total. The maximum absolute atomic E-state index is 5.58. The molecule has 0 aliphatic carbocycles. The third-order valence-electron chi connectivity index (χ3n) is 1.79. The topological polar surface area (TPSA) is 35.2 Å². The van der Waals surface area contributed by atoms with Crippen LogP contribution < -0.4 is 10.5 Å². The largest absolute Gasteiger partial charge is 0.493 e. The quantitative estimate of drug-likeness (QED) is 0.784. The fourth-order valence-electron chi connectivity index (χ4n) is 1.06. The summed E-state index contributed by atoms with van der Waals surface area (Å²) in [6.07, 6.45) is 1.08. The van der Waals surface area contributed by atoms with E-state index < -0.39 is 0 Å². The third kappa shape index (κ3) is 6.07. The van der Waals surface area contributed by atoms with Crippen molar-refractivity contribution in [3.05, 3.63) is 28.7 Å². The lowest BCUT2D eigenvalue weighted by molar-refractivity contribution is 0.344. The number of thioether (sulfide) groups is 1. The van der Waals surface area contributed by atoms with Gasteiger partial charge in [0.05, 0.1) is 6.61 Å². The second-order valence-electron chi connectivity index (χ2n) is 3.06. The van der Waals surface area contributed by atoms with Gasteiger partial charge in [-0.15, -0.1) is 0 Å². The molecule has 1 aromatic rings. The Morgan fingerprint density at radius 2 is 2.20 bits per heavy atom. The van der Waals surface area contributed by atoms with Gasteiger partial charge in [0.2, 0.25) is 0 Å². The molecular weight excluding hydrogens is 274 g/mol. The Morgan fingerprint density at radius 3 is 2.93 bits per heavy atom. The lowest BCUT2D eigenvalue weighted by Crippen LogP contribution is -2.03. The molecule has 0 aromatic heterocycles. The van der Waals surface area contributed by atoms with Gasteiger partial charge in [0.25, 0.3) is 0 Å². The van der Waals surface area contributed by atoms with E-state index in [1.54, 1.807) is 0 Å². The summed E-state index contributed by atoms with van der Waals surface area (Å²) in [5.74, 6) is 3.06. The summed E-state index contributed by atoms with van der Waals surface area (Å²) >= 11 is 5.29. The Kier molecular flexibility index (Phi) is 6.88. The predicted molar refractivity (Wildman–Crippen MR) is 70.6 cm³/mol. The summed E-state index contributed by atoms with van der Waals surface area (Å²) in [7, 11) is 0. The van der Waals surface area contributed by atoms with Crippen LogP contribution in [0.2, 0.25) is 0 Å². The van der Waals surface area contributed by atoms with Crippen LogP contribution in [0.15, 0.2) is 28.7 Å². The average molecular weight is 290 g/mol. The first kappa shape index (κ1) is 12.9. The zero-order chi connectivity index (χ0) is 10.9. The van der Waals surface area contributed by atoms with E-state index in [-0.39, 0.29) is 0 Å². The first-order chi connectivity index (χ1) is 7.33. The standard InChI is InChI=1S/C11H16BrNOS/c12-10-3-1-4-11(9-10)14-6-8-15-7-2-5-13/h1,3-4,9H,2,5-8,13H2. The van der Waals surface area contributed by atoms with Gasteiger partial charge in [0.15, 0.2) is 0 Å². The monoisotopic (exact) mass is 289 g/mol. The Bertz CT molecular complexity index is 283. The first-order valence-electron chi connectivity index (χ1n) is 4.99. The van der Waals surface area contributed by atoms with E-state index in [9.17, 15) is 0 Å². The van der Waals surface area contributed by atoms with Gasteiger partial charge in [0.1, 0.15) is 5.75 Å². The molecule has 0 heterocycles. The molecular formula is C11H16BrNOS. The minimum Gasteiger partial charge on any atom is -0.493 e. The zero-order valence-corrected chi connectivity index (χ0v) is 11.0. The Balaban J connectivity index is 2.10. The van der Waals surface area contributed by atoms with Gasteiger partial charge in [-0.2, -0.15) is 11.8 Å². The van der Waals surface area contributed by atoms with Gasteiger partial charge in [-0.3, -0.25) is 0 Å². The highest BCUT2D eigenvalue weighted by atomic mass is 79.9. The number of benzene rings is 1. The molecule has 0 saturated carbocycles. The van der Waals surface area contributed by atoms with Crippen LogP contribution >= 0.6 is 27.7 Å². The summed E-state index contributed by atoms with van der Waals surface area (Å²) in [4.78, 5) is 0. The molecule has 84 valence electrons. The van der Waals surface area contributed by atoms with Gasteiger partial charge in [-0.1, -0.05) is 22.0 Å². The second kappa shape index (κ2) is 8.02. The molecule has 0 amide bonds. The van der Waals surface area contributed by atoms with E-state index >= 15 is 0 Å². The summed E-state index contributed by atoms with van der Waals surface area (Å²) in [5, 5.41) is 0. The minimum atomic E-state index is 0.756. The molecule has 0 aliphatic rings. The van der Waals surface area contributed by atoms with E-state index in [1.165, 1.54) is 0 Å². The van der Waals surface area contributed by atoms with Crippen LogP contribution in [-0.2, 0) is 0 Å². The van der Waals surface area contributed by atoms with Gasteiger partial charge in [-0.25, -0.2) is 0 Å². The van der Waals surface area contributed by atoms with Crippen LogP contribution in [0.5, 0.6) is 5.75 Å². The molecule has 0 atom stereocenters. The number of nitrogens with two attached hydrogens (primary N) is 1. The number of hydrogen-bond acceptors (Lipinski definition) is 3. The number of rotatable bonds is 7. The zero-order valence-electron chi connectivity index (χ0n) is 8.62. The van der Waals surface area contributed by atoms with Crippen LogP contribution in [0.4, 0.5) is 0 Å². The fraction of sp³-hybridized carbons (Fsp3) is 0.455. The molecule has 2 nitrogen and oxygen atoms in total. The molecule has 15 heavy (non-hydrogen) atoms. The molecule has 0 aliphatic heterocycles. The second-order valence-corrected chi connectivity index (χ2v) is 5.20. The minimum absolute atomic E-state index is 0.756. The van der Waals surface area contributed by atoms with Crippen molar-refractivity contribution in [3.63, 3.8) is 0 Å². The number of hydrogen-bond donors (Lipinski definition) is 1. The van der Waals surface area contributed by atoms with Crippen molar-refractivity contribution in [1.82, 2.24) is 0 Å². The number of ether oxygens (including phenoxy) is 1. The Morgan fingerprint density at radius 1 is 1.33 bits per heavy atom. The molecule has 0 radical (unpaired) electrons. The maximum atomic E-state index is 5.58. The van der Waals surface area contributed by atoms with Crippen molar-refractivity contribution in [2.75, 3.05) is 24.7 Å². The lowest BCUT2D eigenvalue weighted by atomic mass is 10.3. The van der Waals surface area contributed by atoms with Crippen LogP contribution in [0.3, 0.4) is 0 Å². The van der Waals surface area contributed by atoms with Crippen LogP contribution in [0.1, 0.15) is 6.42 Å². The molecule has 1 aromatic carbocycles. The summed E-state index contributed by atoms with van der Waals surface area (Å²) in [6.45, 7) is 1.53. The van der Waals surface area contributed by atoms with E-state index in [0.717, 1.165) is 41.3 Å². The van der Waals surface area contributed by atoms with Crippen LogP contribution in [0.25, 0.3) is 0 Å². The normalized spacial score (nSPS) is 10.3. The molecule has 1 rings (SSSR count). The summed E-state index contributed by atoms with van der Waals surface area (Å²) in [5.41, 5.74) is 5.40. The highest BCUT2D eigenvalue weighted by molar-refractivity contribution is 9.10. The number of halogens is 1. The predicted octanol–water partition coefficient (Wildman–Crippen LogP) is 2.91. The van der Waals surface area contributed by atoms with Crippen molar-refractivity contribution in [2.45, 2.75) is 6.42 Å². The van der Waals surface area contributed by atoms with Crippen LogP contribution in [0, 0.1) is 0 Å². The van der Waals surface area contributed by atoms with Crippen molar-refractivity contribution < 1.29 is 4.74 Å². The van der Waals surface area contributed by atoms with Crippen molar-refractivity contribution in [3.8, 4) is 5.75 Å². The van der Waals surface area contributed by atoms with E-state index in [0.29, 0.717) is 0 Å². The van der Waals surface area contributed by atoms with Crippen molar-refractivity contribution >= 4 is 27.7 Å². The molecule has 0 unspecified atom stereocenters. The van der Waals surface area contributed by atoms with Gasteiger partial charge >= 0.3 is 0 Å². The highest BCUT2D eigenvalue weighted by Crippen LogP contribution is 2.17. The maximum Gasteiger partial charge on any atom is 0.120 e. The van der Waals surface area contributed by atoms with Crippen LogP contribution in [-0.4, -0.2) is 24.7 Å².